The highest BCUT2D eigenvalue weighted by Crippen LogP contribution is 2.35. The van der Waals surface area contributed by atoms with Crippen molar-refractivity contribution in [2.24, 2.45) is 0 Å². The fraction of sp³-hybridized carbons (Fsp3) is 0.333. The van der Waals surface area contributed by atoms with E-state index in [4.69, 9.17) is 4.74 Å². The summed E-state index contributed by atoms with van der Waals surface area (Å²) < 4.78 is 99.2. The number of halogens is 7. The molecule has 0 saturated heterocycles. The van der Waals surface area contributed by atoms with Gasteiger partial charge in [0, 0.05) is 12.1 Å². The molecule has 0 heterocycles. The summed E-state index contributed by atoms with van der Waals surface area (Å²) in [6.45, 7) is 4.97. The monoisotopic (exact) mass is 529 g/mol. The van der Waals surface area contributed by atoms with E-state index in [0.717, 1.165) is 5.56 Å². The van der Waals surface area contributed by atoms with E-state index in [0.29, 0.717) is 23.9 Å². The Balaban J connectivity index is 2.01. The maximum atomic E-state index is 14.7. The molecule has 0 radical (unpaired) electrons. The lowest BCUT2D eigenvalue weighted by Gasteiger charge is -2.24. The molecule has 200 valence electrons. The highest BCUT2D eigenvalue weighted by atomic mass is 19.4. The first kappa shape index (κ1) is 28.5. The Bertz CT molecular complexity index is 1220. The minimum Gasteiger partial charge on any atom is -0.457 e. The van der Waals surface area contributed by atoms with E-state index >= 15 is 0 Å². The van der Waals surface area contributed by atoms with Gasteiger partial charge >= 0.3 is 12.4 Å². The molecule has 0 aliphatic carbocycles. The molecular weight excluding hydrogens is 503 g/mol. The molecule has 0 spiro atoms. The number of hydrogen-bond donors (Lipinski definition) is 2. The Kier molecular flexibility index (Phi) is 8.24. The molecule has 2 unspecified atom stereocenters. The number of ether oxygens (including phenoxy) is 1. The summed E-state index contributed by atoms with van der Waals surface area (Å²) in [4.78, 5) is 0. The topological polar surface area (TPSA) is 41.5 Å². The summed E-state index contributed by atoms with van der Waals surface area (Å²) in [5.74, 6) is -0.359. The zero-order chi connectivity index (χ0) is 27.6. The van der Waals surface area contributed by atoms with Gasteiger partial charge < -0.3 is 15.2 Å². The molecule has 2 N–H and O–H groups in total. The van der Waals surface area contributed by atoms with Crippen LogP contribution < -0.4 is 10.1 Å². The van der Waals surface area contributed by atoms with Crippen LogP contribution in [-0.2, 0) is 11.6 Å². The molecule has 2 atom stereocenters. The SMILES string of the molecule is CC(C)(C)c1cccc(Oc2cccc(C(NCC(O)C(F)(F)F)c3cc(C(F)(F)F)ccc3F)c2)c1. The Morgan fingerprint density at radius 1 is 0.811 bits per heavy atom. The fourth-order valence-corrected chi connectivity index (χ4v) is 3.61. The van der Waals surface area contributed by atoms with Crippen LogP contribution in [0.1, 0.15) is 49.1 Å². The third-order valence-corrected chi connectivity index (χ3v) is 5.65. The number of aliphatic hydroxyl groups is 1. The van der Waals surface area contributed by atoms with Crippen LogP contribution in [0.2, 0.25) is 0 Å². The van der Waals surface area contributed by atoms with Gasteiger partial charge in [-0.3, -0.25) is 0 Å². The summed E-state index contributed by atoms with van der Waals surface area (Å²) in [5, 5.41) is 11.8. The van der Waals surface area contributed by atoms with Crippen LogP contribution in [0.15, 0.2) is 66.7 Å². The zero-order valence-corrected chi connectivity index (χ0v) is 20.2. The van der Waals surface area contributed by atoms with E-state index in [2.05, 4.69) is 5.32 Å². The Labute approximate surface area is 209 Å². The van der Waals surface area contributed by atoms with E-state index in [-0.39, 0.29) is 16.7 Å². The van der Waals surface area contributed by atoms with Gasteiger partial charge in [0.05, 0.1) is 11.6 Å². The van der Waals surface area contributed by atoms with Crippen molar-refractivity contribution in [3.05, 3.63) is 94.8 Å². The normalized spacial score (nSPS) is 14.4. The van der Waals surface area contributed by atoms with Crippen molar-refractivity contribution in [2.45, 2.75) is 50.7 Å². The summed E-state index contributed by atoms with van der Waals surface area (Å²) >= 11 is 0. The summed E-state index contributed by atoms with van der Waals surface area (Å²) in [6.07, 6.45) is -12.6. The second-order valence-corrected chi connectivity index (χ2v) is 9.59. The molecule has 0 fully saturated rings. The van der Waals surface area contributed by atoms with Gasteiger partial charge in [-0.05, 0) is 59.0 Å². The second-order valence-electron chi connectivity index (χ2n) is 9.59. The first-order valence-electron chi connectivity index (χ1n) is 11.3. The van der Waals surface area contributed by atoms with Crippen LogP contribution in [0, 0.1) is 5.82 Å². The van der Waals surface area contributed by atoms with Crippen LogP contribution in [0.5, 0.6) is 11.5 Å². The van der Waals surface area contributed by atoms with Gasteiger partial charge in [-0.25, -0.2) is 4.39 Å². The van der Waals surface area contributed by atoms with Crippen LogP contribution in [-0.4, -0.2) is 23.9 Å². The van der Waals surface area contributed by atoms with E-state index in [9.17, 15) is 35.8 Å². The molecule has 0 bridgehead atoms. The summed E-state index contributed by atoms with van der Waals surface area (Å²) in [5.41, 5.74) is -0.754. The average molecular weight is 529 g/mol. The quantitative estimate of drug-likeness (QED) is 0.311. The second kappa shape index (κ2) is 10.7. The van der Waals surface area contributed by atoms with Crippen molar-refractivity contribution in [1.82, 2.24) is 5.32 Å². The van der Waals surface area contributed by atoms with Crippen LogP contribution in [0.4, 0.5) is 30.7 Å². The molecule has 0 aliphatic heterocycles. The lowest BCUT2D eigenvalue weighted by Crippen LogP contribution is -2.40. The molecule has 37 heavy (non-hydrogen) atoms. The maximum absolute atomic E-state index is 14.7. The standard InChI is InChI=1S/C27H26F7NO2/c1-25(2,3)17-7-5-9-20(13-17)37-19-8-4-6-16(12-19)24(35-15-23(36)27(32,33)34)21-14-18(26(29,30)31)10-11-22(21)28/h4-14,23-24,35-36H,15H2,1-3H3. The molecule has 0 amide bonds. The van der Waals surface area contributed by atoms with Crippen molar-refractivity contribution in [1.29, 1.82) is 0 Å². The van der Waals surface area contributed by atoms with E-state index in [1.807, 2.05) is 32.9 Å². The van der Waals surface area contributed by atoms with E-state index in [1.165, 1.54) is 18.2 Å². The zero-order valence-electron chi connectivity index (χ0n) is 20.2. The van der Waals surface area contributed by atoms with Crippen LogP contribution >= 0.6 is 0 Å². The number of alkyl halides is 6. The van der Waals surface area contributed by atoms with E-state index in [1.54, 1.807) is 18.2 Å². The third kappa shape index (κ3) is 7.45. The molecule has 10 heteroatoms. The van der Waals surface area contributed by atoms with Crippen molar-refractivity contribution < 1.29 is 40.6 Å². The Hall–Kier alpha value is -3.11. The lowest BCUT2D eigenvalue weighted by molar-refractivity contribution is -0.202. The number of benzene rings is 3. The van der Waals surface area contributed by atoms with E-state index < -0.39 is 48.0 Å². The predicted octanol–water partition coefficient (Wildman–Crippen LogP) is 7.54. The Morgan fingerprint density at radius 3 is 2.03 bits per heavy atom. The molecular formula is C27H26F7NO2. The molecule has 3 rings (SSSR count). The molecule has 3 aromatic rings. The van der Waals surface area contributed by atoms with Crippen LogP contribution in [0.25, 0.3) is 0 Å². The smallest absolute Gasteiger partial charge is 0.416 e. The molecule has 0 aliphatic rings. The first-order valence-corrected chi connectivity index (χ1v) is 11.3. The minimum atomic E-state index is -4.98. The largest absolute Gasteiger partial charge is 0.457 e. The average Bonchev–Trinajstić information content (AvgIpc) is 2.78. The van der Waals surface area contributed by atoms with Crippen molar-refractivity contribution in [3.8, 4) is 11.5 Å². The molecule has 3 nitrogen and oxygen atoms in total. The van der Waals surface area contributed by atoms with Crippen molar-refractivity contribution in [2.75, 3.05) is 6.54 Å². The summed E-state index contributed by atoms with van der Waals surface area (Å²) in [6, 6.07) is 13.3. The van der Waals surface area contributed by atoms with Crippen molar-refractivity contribution >= 4 is 0 Å². The van der Waals surface area contributed by atoms with Gasteiger partial charge in [0.25, 0.3) is 0 Å². The number of aliphatic hydroxyl groups excluding tert-OH is 1. The fourth-order valence-electron chi connectivity index (χ4n) is 3.61. The first-order chi connectivity index (χ1) is 17.1. The van der Waals surface area contributed by atoms with Gasteiger partial charge in [-0.2, -0.15) is 26.3 Å². The van der Waals surface area contributed by atoms with Crippen LogP contribution in [0.3, 0.4) is 0 Å². The molecule has 0 saturated carbocycles. The van der Waals surface area contributed by atoms with Gasteiger partial charge in [0.15, 0.2) is 6.10 Å². The van der Waals surface area contributed by atoms with Gasteiger partial charge in [-0.15, -0.1) is 0 Å². The highest BCUT2D eigenvalue weighted by molar-refractivity contribution is 5.42. The van der Waals surface area contributed by atoms with Crippen molar-refractivity contribution in [3.63, 3.8) is 0 Å². The van der Waals surface area contributed by atoms with Gasteiger partial charge in [-0.1, -0.05) is 45.0 Å². The Morgan fingerprint density at radius 2 is 1.43 bits per heavy atom. The maximum Gasteiger partial charge on any atom is 0.416 e. The number of rotatable bonds is 7. The number of nitrogens with one attached hydrogen (secondary N) is 1. The number of hydrogen-bond acceptors (Lipinski definition) is 3. The third-order valence-electron chi connectivity index (χ3n) is 5.65. The highest BCUT2D eigenvalue weighted by Gasteiger charge is 2.39. The minimum absolute atomic E-state index is 0.136. The molecule has 0 aromatic heterocycles. The van der Waals surface area contributed by atoms with Gasteiger partial charge in [0.1, 0.15) is 17.3 Å². The predicted molar refractivity (Wildman–Crippen MR) is 125 cm³/mol. The lowest BCUT2D eigenvalue weighted by atomic mass is 9.87. The van der Waals surface area contributed by atoms with Gasteiger partial charge in [0.2, 0.25) is 0 Å². The summed E-state index contributed by atoms with van der Waals surface area (Å²) in [7, 11) is 0. The molecule has 3 aromatic carbocycles.